The smallest absolute Gasteiger partial charge is 0.108 e. The number of benzene rings is 1. The molecule has 0 saturated carbocycles. The molecule has 2 fully saturated rings. The van der Waals surface area contributed by atoms with Crippen LogP contribution in [0.25, 0.3) is 0 Å². The average Bonchev–Trinajstić information content (AvgIpc) is 3.27. The Kier molecular flexibility index (Phi) is 4.86. The van der Waals surface area contributed by atoms with Gasteiger partial charge in [0.15, 0.2) is 0 Å². The molecule has 2 aromatic rings. The van der Waals surface area contributed by atoms with Gasteiger partial charge in [-0.1, -0.05) is 30.3 Å². The summed E-state index contributed by atoms with van der Waals surface area (Å²) < 4.78 is 1.90. The van der Waals surface area contributed by atoms with E-state index in [0.29, 0.717) is 0 Å². The van der Waals surface area contributed by atoms with Crippen molar-refractivity contribution in [2.24, 2.45) is 7.05 Å². The molecule has 2 aliphatic rings. The molecule has 4 rings (SSSR count). The summed E-state index contributed by atoms with van der Waals surface area (Å²) in [6.45, 7) is 7.00. The van der Waals surface area contributed by atoms with Gasteiger partial charge < -0.3 is 5.11 Å². The molecule has 1 aromatic heterocycles. The summed E-state index contributed by atoms with van der Waals surface area (Å²) in [6.07, 6.45) is 5.38. The van der Waals surface area contributed by atoms with Gasteiger partial charge >= 0.3 is 0 Å². The highest BCUT2D eigenvalue weighted by atomic mass is 16.3. The van der Waals surface area contributed by atoms with E-state index >= 15 is 0 Å². The molecule has 5 nitrogen and oxygen atoms in total. The van der Waals surface area contributed by atoms with Crippen molar-refractivity contribution in [3.8, 4) is 0 Å². The lowest BCUT2D eigenvalue weighted by atomic mass is 9.79. The second-order valence-corrected chi connectivity index (χ2v) is 7.95. The first-order chi connectivity index (χ1) is 12.6. The van der Waals surface area contributed by atoms with E-state index in [1.807, 2.05) is 29.9 Å². The number of piperidine rings is 1. The molecule has 1 N–H and O–H groups in total. The number of likely N-dealkylation sites (tertiary alicyclic amines) is 2. The molecule has 0 bridgehead atoms. The second kappa shape index (κ2) is 7.14. The maximum absolute atomic E-state index is 11.7. The lowest BCUT2D eigenvalue weighted by Crippen LogP contribution is -2.60. The van der Waals surface area contributed by atoms with Crippen molar-refractivity contribution in [3.05, 3.63) is 53.3 Å². The van der Waals surface area contributed by atoms with Crippen molar-refractivity contribution in [2.45, 2.75) is 44.4 Å². The molecule has 2 aliphatic heterocycles. The molecule has 2 atom stereocenters. The maximum Gasteiger partial charge on any atom is 0.108 e. The molecule has 3 heterocycles. The van der Waals surface area contributed by atoms with E-state index in [2.05, 4.69) is 40.2 Å². The Morgan fingerprint density at radius 2 is 1.88 bits per heavy atom. The average molecular weight is 354 g/mol. The van der Waals surface area contributed by atoms with Crippen molar-refractivity contribution in [1.82, 2.24) is 19.6 Å². The Bertz CT molecular complexity index is 738. The number of nitrogens with zero attached hydrogens (tertiary/aromatic N) is 4. The molecule has 26 heavy (non-hydrogen) atoms. The molecule has 140 valence electrons. The minimum absolute atomic E-state index is 0.151. The van der Waals surface area contributed by atoms with Gasteiger partial charge in [-0.15, -0.1) is 0 Å². The van der Waals surface area contributed by atoms with Gasteiger partial charge in [0.25, 0.3) is 0 Å². The van der Waals surface area contributed by atoms with Crippen LogP contribution in [0, 0.1) is 6.92 Å². The topological polar surface area (TPSA) is 44.5 Å². The van der Waals surface area contributed by atoms with Crippen LogP contribution in [0.2, 0.25) is 0 Å². The monoisotopic (exact) mass is 354 g/mol. The van der Waals surface area contributed by atoms with E-state index in [1.165, 1.54) is 18.4 Å². The third-order valence-electron chi connectivity index (χ3n) is 6.16. The van der Waals surface area contributed by atoms with E-state index in [0.717, 1.165) is 50.4 Å². The van der Waals surface area contributed by atoms with E-state index in [4.69, 9.17) is 0 Å². The molecule has 1 aromatic carbocycles. The Morgan fingerprint density at radius 1 is 1.15 bits per heavy atom. The van der Waals surface area contributed by atoms with Gasteiger partial charge in [-0.3, -0.25) is 14.5 Å². The predicted octanol–water partition coefficient (Wildman–Crippen LogP) is 2.29. The number of hydrogen-bond donors (Lipinski definition) is 1. The number of aromatic nitrogens is 2. The summed E-state index contributed by atoms with van der Waals surface area (Å²) in [6, 6.07) is 10.4. The highest BCUT2D eigenvalue weighted by Crippen LogP contribution is 2.37. The first-order valence-electron chi connectivity index (χ1n) is 9.80. The van der Waals surface area contributed by atoms with Gasteiger partial charge in [-0.25, -0.2) is 0 Å². The summed E-state index contributed by atoms with van der Waals surface area (Å²) in [7, 11) is 1.98. The van der Waals surface area contributed by atoms with E-state index in [-0.39, 0.29) is 6.04 Å². The Morgan fingerprint density at radius 3 is 2.54 bits per heavy atom. The molecule has 0 spiro atoms. The van der Waals surface area contributed by atoms with E-state index < -0.39 is 5.60 Å². The summed E-state index contributed by atoms with van der Waals surface area (Å²) >= 11 is 0. The van der Waals surface area contributed by atoms with Gasteiger partial charge in [0, 0.05) is 38.4 Å². The van der Waals surface area contributed by atoms with Crippen LogP contribution in [0.5, 0.6) is 0 Å². The highest BCUT2D eigenvalue weighted by Gasteiger charge is 2.46. The van der Waals surface area contributed by atoms with Crippen molar-refractivity contribution < 1.29 is 5.11 Å². The van der Waals surface area contributed by atoms with Crippen molar-refractivity contribution in [2.75, 3.05) is 26.2 Å². The second-order valence-electron chi connectivity index (χ2n) is 7.95. The third-order valence-corrected chi connectivity index (χ3v) is 6.16. The number of rotatable bonds is 4. The number of aryl methyl sites for hydroxylation is 2. The summed E-state index contributed by atoms with van der Waals surface area (Å²) in [5.74, 6) is 0. The standard InChI is InChI=1S/C21H30N4O/c1-17-18(14-23(2)22-17)15-24-13-10-21(26,19-8-4-3-5-9-19)20(16-24)25-11-6-7-12-25/h3-5,8-9,14,20,26H,6-7,10-13,15-16H2,1-2H3. The zero-order valence-corrected chi connectivity index (χ0v) is 15.9. The Hall–Kier alpha value is -1.69. The van der Waals surface area contributed by atoms with Gasteiger partial charge in [0.1, 0.15) is 5.60 Å². The fraction of sp³-hybridized carbons (Fsp3) is 0.571. The van der Waals surface area contributed by atoms with Crippen LogP contribution in [0.1, 0.15) is 36.1 Å². The molecular weight excluding hydrogens is 324 g/mol. The lowest BCUT2D eigenvalue weighted by Gasteiger charge is -2.48. The normalized spacial score (nSPS) is 27.9. The van der Waals surface area contributed by atoms with Gasteiger partial charge in [0.2, 0.25) is 0 Å². The van der Waals surface area contributed by atoms with Crippen LogP contribution in [-0.2, 0) is 19.2 Å². The summed E-state index contributed by atoms with van der Waals surface area (Å²) in [5.41, 5.74) is 2.70. The Balaban J connectivity index is 1.57. The molecular formula is C21H30N4O. The van der Waals surface area contributed by atoms with Gasteiger partial charge in [-0.2, -0.15) is 5.10 Å². The van der Waals surface area contributed by atoms with Crippen LogP contribution in [0.3, 0.4) is 0 Å². The third kappa shape index (κ3) is 3.31. The fourth-order valence-corrected chi connectivity index (χ4v) is 4.70. The summed E-state index contributed by atoms with van der Waals surface area (Å²) in [5, 5.41) is 16.2. The largest absolute Gasteiger partial charge is 0.383 e. The molecule has 0 radical (unpaired) electrons. The lowest BCUT2D eigenvalue weighted by molar-refractivity contribution is -0.0959. The minimum atomic E-state index is -0.758. The molecule has 2 saturated heterocycles. The Labute approximate surface area is 156 Å². The SMILES string of the molecule is Cc1nn(C)cc1CN1CCC(O)(c2ccccc2)C(N2CCCC2)C1. The molecule has 0 aliphatic carbocycles. The van der Waals surface area contributed by atoms with Gasteiger partial charge in [-0.05, 0) is 44.8 Å². The highest BCUT2D eigenvalue weighted by molar-refractivity contribution is 5.26. The van der Waals surface area contributed by atoms with Crippen LogP contribution in [-0.4, -0.2) is 56.9 Å². The van der Waals surface area contributed by atoms with Crippen LogP contribution in [0.15, 0.2) is 36.5 Å². The summed E-state index contributed by atoms with van der Waals surface area (Å²) in [4.78, 5) is 5.00. The zero-order valence-electron chi connectivity index (χ0n) is 15.9. The van der Waals surface area contributed by atoms with E-state index in [9.17, 15) is 5.11 Å². The van der Waals surface area contributed by atoms with Crippen molar-refractivity contribution >= 4 is 0 Å². The van der Waals surface area contributed by atoms with Crippen molar-refractivity contribution in [3.63, 3.8) is 0 Å². The van der Waals surface area contributed by atoms with E-state index in [1.54, 1.807) is 0 Å². The number of aliphatic hydroxyl groups is 1. The van der Waals surface area contributed by atoms with Gasteiger partial charge in [0.05, 0.1) is 11.7 Å². The van der Waals surface area contributed by atoms with Crippen LogP contribution >= 0.6 is 0 Å². The maximum atomic E-state index is 11.7. The predicted molar refractivity (Wildman–Crippen MR) is 103 cm³/mol. The molecule has 0 amide bonds. The minimum Gasteiger partial charge on any atom is -0.383 e. The molecule has 2 unspecified atom stereocenters. The molecule has 5 heteroatoms. The fourth-order valence-electron chi connectivity index (χ4n) is 4.70. The number of hydrogen-bond acceptors (Lipinski definition) is 4. The first-order valence-corrected chi connectivity index (χ1v) is 9.80. The van der Waals surface area contributed by atoms with Crippen LogP contribution < -0.4 is 0 Å². The van der Waals surface area contributed by atoms with Crippen LogP contribution in [0.4, 0.5) is 0 Å². The van der Waals surface area contributed by atoms with Crippen molar-refractivity contribution in [1.29, 1.82) is 0 Å². The quantitative estimate of drug-likeness (QED) is 0.915. The first kappa shape index (κ1) is 17.7. The zero-order chi connectivity index (χ0) is 18.1.